The average molecular weight is 308 g/mol. The second-order valence-electron chi connectivity index (χ2n) is 7.67. The van der Waals surface area contributed by atoms with Gasteiger partial charge in [-0.15, -0.1) is 0 Å². The molecule has 4 nitrogen and oxygen atoms in total. The lowest BCUT2D eigenvalue weighted by atomic mass is 9.71. The Hall–Kier alpha value is -1.55. The van der Waals surface area contributed by atoms with E-state index in [0.29, 0.717) is 11.1 Å². The number of carbonyl (C=O) groups is 1. The molecule has 0 aliphatic heterocycles. The standard InChI is InChI=1S/C18H28O4/c1-12-9-13(16(21)22-8-7-19)10-14(15(12)20)18(5,6)11-17(2,3)4/h9-10,19-20H,7-8,11H2,1-6H3. The molecule has 0 saturated carbocycles. The number of hydrogen-bond acceptors (Lipinski definition) is 4. The molecule has 0 aliphatic carbocycles. The van der Waals surface area contributed by atoms with E-state index in [1.807, 2.05) is 0 Å². The molecule has 0 radical (unpaired) electrons. The number of aliphatic hydroxyl groups excluding tert-OH is 1. The van der Waals surface area contributed by atoms with E-state index in [2.05, 4.69) is 34.6 Å². The van der Waals surface area contributed by atoms with Gasteiger partial charge in [0.2, 0.25) is 0 Å². The number of aromatic hydroxyl groups is 1. The zero-order valence-electron chi connectivity index (χ0n) is 14.5. The van der Waals surface area contributed by atoms with Crippen molar-refractivity contribution in [1.29, 1.82) is 0 Å². The molecule has 0 aliphatic rings. The van der Waals surface area contributed by atoms with E-state index in [0.717, 1.165) is 12.0 Å². The van der Waals surface area contributed by atoms with Crippen LogP contribution in [0, 0.1) is 12.3 Å². The maximum Gasteiger partial charge on any atom is 0.338 e. The summed E-state index contributed by atoms with van der Waals surface area (Å²) in [6.45, 7) is 12.1. The molecule has 0 fully saturated rings. The molecule has 0 atom stereocenters. The summed E-state index contributed by atoms with van der Waals surface area (Å²) in [5.41, 5.74) is 1.62. The first-order valence-electron chi connectivity index (χ1n) is 7.60. The fourth-order valence-corrected chi connectivity index (χ4v) is 3.06. The maximum atomic E-state index is 12.0. The third-order valence-electron chi connectivity index (χ3n) is 3.56. The number of ether oxygens (including phenoxy) is 1. The van der Waals surface area contributed by atoms with Crippen LogP contribution in [0.1, 0.15) is 62.5 Å². The van der Waals surface area contributed by atoms with Gasteiger partial charge in [-0.3, -0.25) is 0 Å². The van der Waals surface area contributed by atoms with E-state index in [4.69, 9.17) is 9.84 Å². The van der Waals surface area contributed by atoms with Crippen molar-refractivity contribution in [3.05, 3.63) is 28.8 Å². The highest BCUT2D eigenvalue weighted by Gasteiger charge is 2.31. The first-order chi connectivity index (χ1) is 9.98. The summed E-state index contributed by atoms with van der Waals surface area (Å²) in [5, 5.41) is 19.2. The van der Waals surface area contributed by atoms with Crippen LogP contribution in [0.15, 0.2) is 12.1 Å². The number of aliphatic hydroxyl groups is 1. The minimum atomic E-state index is -0.482. The molecule has 22 heavy (non-hydrogen) atoms. The molecular weight excluding hydrogens is 280 g/mol. The van der Waals surface area contributed by atoms with Crippen molar-refractivity contribution in [1.82, 2.24) is 0 Å². The van der Waals surface area contributed by atoms with Crippen LogP contribution in [0.25, 0.3) is 0 Å². The smallest absolute Gasteiger partial charge is 0.338 e. The highest BCUT2D eigenvalue weighted by atomic mass is 16.5. The molecule has 4 heteroatoms. The number of phenols is 1. The zero-order chi connectivity index (χ0) is 17.1. The van der Waals surface area contributed by atoms with E-state index in [-0.39, 0.29) is 29.8 Å². The van der Waals surface area contributed by atoms with Crippen LogP contribution < -0.4 is 0 Å². The molecule has 124 valence electrons. The van der Waals surface area contributed by atoms with Crippen molar-refractivity contribution in [2.45, 2.75) is 53.4 Å². The Morgan fingerprint density at radius 2 is 1.77 bits per heavy atom. The summed E-state index contributed by atoms with van der Waals surface area (Å²) >= 11 is 0. The summed E-state index contributed by atoms with van der Waals surface area (Å²) in [6.07, 6.45) is 0.863. The summed E-state index contributed by atoms with van der Waals surface area (Å²) in [5.74, 6) is -0.252. The second-order valence-corrected chi connectivity index (χ2v) is 7.67. The number of phenolic OH excluding ortho intramolecular Hbond substituents is 1. The largest absolute Gasteiger partial charge is 0.507 e. The average Bonchev–Trinajstić information content (AvgIpc) is 2.35. The predicted octanol–water partition coefficient (Wildman–Crippen LogP) is 3.56. The van der Waals surface area contributed by atoms with Crippen LogP contribution >= 0.6 is 0 Å². The van der Waals surface area contributed by atoms with Gasteiger partial charge in [0.05, 0.1) is 12.2 Å². The molecule has 2 N–H and O–H groups in total. The van der Waals surface area contributed by atoms with Crippen LogP contribution in [0.3, 0.4) is 0 Å². The lowest BCUT2D eigenvalue weighted by Gasteiger charge is -2.34. The molecule has 0 unspecified atom stereocenters. The predicted molar refractivity (Wildman–Crippen MR) is 87.3 cm³/mol. The molecule has 1 rings (SSSR count). The molecular formula is C18H28O4. The molecule has 1 aromatic rings. The van der Waals surface area contributed by atoms with Crippen LogP contribution in [0.2, 0.25) is 0 Å². The van der Waals surface area contributed by atoms with E-state index in [9.17, 15) is 9.90 Å². The Morgan fingerprint density at radius 1 is 1.18 bits per heavy atom. The molecule has 0 aromatic heterocycles. The molecule has 0 bridgehead atoms. The minimum Gasteiger partial charge on any atom is -0.507 e. The number of carbonyl (C=O) groups excluding carboxylic acids is 1. The van der Waals surface area contributed by atoms with Gasteiger partial charge in [-0.2, -0.15) is 0 Å². The summed E-state index contributed by atoms with van der Waals surface area (Å²) in [4.78, 5) is 12.0. The monoisotopic (exact) mass is 308 g/mol. The fraction of sp³-hybridized carbons (Fsp3) is 0.611. The van der Waals surface area contributed by atoms with Crippen molar-refractivity contribution < 1.29 is 19.7 Å². The summed E-state index contributed by atoms with van der Waals surface area (Å²) in [6, 6.07) is 3.32. The number of aryl methyl sites for hydroxylation is 1. The second kappa shape index (κ2) is 6.69. The highest BCUT2D eigenvalue weighted by Crippen LogP contribution is 2.41. The van der Waals surface area contributed by atoms with Gasteiger partial charge in [0.25, 0.3) is 0 Å². The normalized spacial score (nSPS) is 12.3. The van der Waals surface area contributed by atoms with E-state index < -0.39 is 5.97 Å². The Morgan fingerprint density at radius 3 is 2.27 bits per heavy atom. The van der Waals surface area contributed by atoms with Crippen molar-refractivity contribution in [2.24, 2.45) is 5.41 Å². The third kappa shape index (κ3) is 4.73. The van der Waals surface area contributed by atoms with Gasteiger partial charge in [-0.05, 0) is 41.9 Å². The van der Waals surface area contributed by atoms with Crippen molar-refractivity contribution in [3.63, 3.8) is 0 Å². The van der Waals surface area contributed by atoms with Crippen LogP contribution in [-0.4, -0.2) is 29.4 Å². The summed E-state index contributed by atoms with van der Waals surface area (Å²) in [7, 11) is 0. The van der Waals surface area contributed by atoms with Gasteiger partial charge >= 0.3 is 5.97 Å². The Labute approximate surface area is 133 Å². The molecule has 0 amide bonds. The maximum absolute atomic E-state index is 12.0. The van der Waals surface area contributed by atoms with Gasteiger partial charge in [-0.25, -0.2) is 4.79 Å². The van der Waals surface area contributed by atoms with Gasteiger partial charge in [-0.1, -0.05) is 34.6 Å². The quantitative estimate of drug-likeness (QED) is 0.816. The van der Waals surface area contributed by atoms with E-state index >= 15 is 0 Å². The molecule has 1 aromatic carbocycles. The van der Waals surface area contributed by atoms with Crippen molar-refractivity contribution in [3.8, 4) is 5.75 Å². The Bertz CT molecular complexity index is 539. The number of hydrogen-bond donors (Lipinski definition) is 2. The van der Waals surface area contributed by atoms with E-state index in [1.54, 1.807) is 19.1 Å². The van der Waals surface area contributed by atoms with Gasteiger partial charge in [0, 0.05) is 5.56 Å². The van der Waals surface area contributed by atoms with Crippen LogP contribution in [0.4, 0.5) is 0 Å². The third-order valence-corrected chi connectivity index (χ3v) is 3.56. The van der Waals surface area contributed by atoms with Crippen molar-refractivity contribution in [2.75, 3.05) is 13.2 Å². The van der Waals surface area contributed by atoms with Gasteiger partial charge < -0.3 is 14.9 Å². The number of benzene rings is 1. The van der Waals surface area contributed by atoms with E-state index in [1.165, 1.54) is 0 Å². The lowest BCUT2D eigenvalue weighted by molar-refractivity contribution is 0.0433. The summed E-state index contributed by atoms with van der Waals surface area (Å²) < 4.78 is 4.97. The molecule has 0 heterocycles. The lowest BCUT2D eigenvalue weighted by Crippen LogP contribution is -2.25. The first-order valence-corrected chi connectivity index (χ1v) is 7.60. The van der Waals surface area contributed by atoms with Crippen LogP contribution in [-0.2, 0) is 10.2 Å². The number of esters is 1. The molecule has 0 saturated heterocycles. The molecule has 0 spiro atoms. The Balaban J connectivity index is 3.24. The fourth-order valence-electron chi connectivity index (χ4n) is 3.06. The van der Waals surface area contributed by atoms with Gasteiger partial charge in [0.1, 0.15) is 12.4 Å². The van der Waals surface area contributed by atoms with Crippen LogP contribution in [0.5, 0.6) is 5.75 Å². The number of rotatable bonds is 5. The minimum absolute atomic E-state index is 0.0283. The van der Waals surface area contributed by atoms with Gasteiger partial charge in [0.15, 0.2) is 0 Å². The highest BCUT2D eigenvalue weighted by molar-refractivity contribution is 5.90. The first kappa shape index (κ1) is 18.5. The zero-order valence-corrected chi connectivity index (χ0v) is 14.5. The van der Waals surface area contributed by atoms with Crippen molar-refractivity contribution >= 4 is 5.97 Å². The SMILES string of the molecule is Cc1cc(C(=O)OCCO)cc(C(C)(C)CC(C)(C)C)c1O. The topological polar surface area (TPSA) is 66.8 Å². The Kier molecular flexibility index (Phi) is 5.63.